The summed E-state index contributed by atoms with van der Waals surface area (Å²) in [6.45, 7) is 4.39. The standard InChI is InChI=1S/C12H13FN2S/c1-8-3-4-12(11(13)5-8)14-6-10-7-16-9(2)15-10/h3-5,7,14H,6H2,1-2H3. The fraction of sp³-hybridized carbons (Fsp3) is 0.250. The van der Waals surface area contributed by atoms with Gasteiger partial charge < -0.3 is 5.32 Å². The third-order valence-corrected chi connectivity index (χ3v) is 3.07. The number of hydrogen-bond acceptors (Lipinski definition) is 3. The number of thiazole rings is 1. The smallest absolute Gasteiger partial charge is 0.146 e. The fourth-order valence-corrected chi connectivity index (χ4v) is 2.05. The zero-order valence-electron chi connectivity index (χ0n) is 9.25. The van der Waals surface area contributed by atoms with Crippen LogP contribution in [0.1, 0.15) is 16.3 Å². The number of anilines is 1. The van der Waals surface area contributed by atoms with Crippen molar-refractivity contribution in [3.8, 4) is 0 Å². The first kappa shape index (κ1) is 11.1. The lowest BCUT2D eigenvalue weighted by atomic mass is 10.2. The van der Waals surface area contributed by atoms with E-state index in [0.717, 1.165) is 16.3 Å². The molecule has 1 heterocycles. The minimum Gasteiger partial charge on any atom is -0.377 e. The zero-order valence-corrected chi connectivity index (χ0v) is 10.1. The molecule has 4 heteroatoms. The van der Waals surface area contributed by atoms with Gasteiger partial charge in [-0.05, 0) is 31.5 Å². The van der Waals surface area contributed by atoms with E-state index in [0.29, 0.717) is 12.2 Å². The molecule has 0 atom stereocenters. The lowest BCUT2D eigenvalue weighted by Crippen LogP contribution is -2.01. The van der Waals surface area contributed by atoms with Crippen LogP contribution in [0.4, 0.5) is 10.1 Å². The predicted octanol–water partition coefficient (Wildman–Crippen LogP) is 3.51. The molecule has 2 nitrogen and oxygen atoms in total. The third-order valence-electron chi connectivity index (χ3n) is 2.25. The van der Waals surface area contributed by atoms with Crippen molar-refractivity contribution in [1.82, 2.24) is 4.98 Å². The van der Waals surface area contributed by atoms with Gasteiger partial charge in [0.2, 0.25) is 0 Å². The summed E-state index contributed by atoms with van der Waals surface area (Å²) in [5.41, 5.74) is 2.39. The van der Waals surface area contributed by atoms with Crippen molar-refractivity contribution in [2.45, 2.75) is 20.4 Å². The van der Waals surface area contributed by atoms with E-state index in [1.54, 1.807) is 17.4 Å². The maximum absolute atomic E-state index is 13.5. The molecule has 2 aromatic rings. The summed E-state index contributed by atoms with van der Waals surface area (Å²) in [7, 11) is 0. The van der Waals surface area contributed by atoms with E-state index in [9.17, 15) is 4.39 Å². The predicted molar refractivity (Wildman–Crippen MR) is 65.3 cm³/mol. The Morgan fingerprint density at radius 1 is 1.38 bits per heavy atom. The SMILES string of the molecule is Cc1ccc(NCc2csc(C)n2)c(F)c1. The molecular formula is C12H13FN2S. The molecule has 0 aliphatic rings. The molecule has 1 aromatic heterocycles. The van der Waals surface area contributed by atoms with Gasteiger partial charge in [-0.2, -0.15) is 0 Å². The van der Waals surface area contributed by atoms with Gasteiger partial charge in [-0.1, -0.05) is 6.07 Å². The Morgan fingerprint density at radius 3 is 2.81 bits per heavy atom. The van der Waals surface area contributed by atoms with Crippen molar-refractivity contribution in [3.63, 3.8) is 0 Å². The second-order valence-electron chi connectivity index (χ2n) is 3.69. The van der Waals surface area contributed by atoms with Crippen LogP contribution < -0.4 is 5.32 Å². The van der Waals surface area contributed by atoms with E-state index < -0.39 is 0 Å². The Balaban J connectivity index is 2.04. The molecule has 0 fully saturated rings. The minimum absolute atomic E-state index is 0.216. The number of aryl methyl sites for hydroxylation is 2. The van der Waals surface area contributed by atoms with Crippen LogP contribution in [0.15, 0.2) is 23.6 Å². The van der Waals surface area contributed by atoms with Gasteiger partial charge >= 0.3 is 0 Å². The summed E-state index contributed by atoms with van der Waals surface area (Å²) in [4.78, 5) is 4.31. The Hall–Kier alpha value is -1.42. The van der Waals surface area contributed by atoms with Crippen molar-refractivity contribution in [2.75, 3.05) is 5.32 Å². The van der Waals surface area contributed by atoms with Crippen LogP contribution in [0.3, 0.4) is 0 Å². The topological polar surface area (TPSA) is 24.9 Å². The molecule has 1 N–H and O–H groups in total. The highest BCUT2D eigenvalue weighted by Crippen LogP contribution is 2.16. The monoisotopic (exact) mass is 236 g/mol. The molecular weight excluding hydrogens is 223 g/mol. The number of rotatable bonds is 3. The molecule has 0 radical (unpaired) electrons. The van der Waals surface area contributed by atoms with E-state index in [1.807, 2.05) is 25.3 Å². The molecule has 0 saturated carbocycles. The van der Waals surface area contributed by atoms with Crippen molar-refractivity contribution >= 4 is 17.0 Å². The zero-order chi connectivity index (χ0) is 11.5. The Labute approximate surface area is 98.2 Å². The van der Waals surface area contributed by atoms with Crippen LogP contribution in [0.5, 0.6) is 0 Å². The van der Waals surface area contributed by atoms with Gasteiger partial charge in [0.25, 0.3) is 0 Å². The second kappa shape index (κ2) is 4.61. The van der Waals surface area contributed by atoms with Gasteiger partial charge in [0, 0.05) is 5.38 Å². The van der Waals surface area contributed by atoms with Crippen LogP contribution in [0, 0.1) is 19.7 Å². The maximum atomic E-state index is 13.5. The first-order chi connectivity index (χ1) is 7.65. The number of nitrogens with one attached hydrogen (secondary N) is 1. The van der Waals surface area contributed by atoms with Crippen molar-refractivity contribution in [3.05, 3.63) is 45.7 Å². The minimum atomic E-state index is -0.216. The van der Waals surface area contributed by atoms with E-state index in [1.165, 1.54) is 6.07 Å². The fourth-order valence-electron chi connectivity index (χ4n) is 1.44. The highest BCUT2D eigenvalue weighted by atomic mass is 32.1. The van der Waals surface area contributed by atoms with Crippen molar-refractivity contribution in [2.24, 2.45) is 0 Å². The summed E-state index contributed by atoms with van der Waals surface area (Å²) in [6, 6.07) is 5.16. The Kier molecular flexibility index (Phi) is 3.19. The second-order valence-corrected chi connectivity index (χ2v) is 4.76. The summed E-state index contributed by atoms with van der Waals surface area (Å²) >= 11 is 1.60. The summed E-state index contributed by atoms with van der Waals surface area (Å²) in [5.74, 6) is -0.216. The van der Waals surface area contributed by atoms with Crippen LogP contribution in [0.25, 0.3) is 0 Å². The lowest BCUT2D eigenvalue weighted by Gasteiger charge is -2.06. The maximum Gasteiger partial charge on any atom is 0.146 e. The van der Waals surface area contributed by atoms with Crippen LogP contribution in [-0.2, 0) is 6.54 Å². The van der Waals surface area contributed by atoms with Gasteiger partial charge in [-0.3, -0.25) is 0 Å². The molecule has 0 aliphatic heterocycles. The Bertz CT molecular complexity index is 494. The molecule has 0 amide bonds. The number of nitrogens with zero attached hydrogens (tertiary/aromatic N) is 1. The van der Waals surface area contributed by atoms with E-state index >= 15 is 0 Å². The first-order valence-corrected chi connectivity index (χ1v) is 5.94. The van der Waals surface area contributed by atoms with E-state index in [-0.39, 0.29) is 5.82 Å². The van der Waals surface area contributed by atoms with Gasteiger partial charge in [0.05, 0.1) is 22.9 Å². The highest BCUT2D eigenvalue weighted by molar-refractivity contribution is 7.09. The summed E-state index contributed by atoms with van der Waals surface area (Å²) in [5, 5.41) is 6.05. The van der Waals surface area contributed by atoms with Gasteiger partial charge in [0.15, 0.2) is 0 Å². The van der Waals surface area contributed by atoms with E-state index in [4.69, 9.17) is 0 Å². The molecule has 0 bridgehead atoms. The average Bonchev–Trinajstić information content (AvgIpc) is 2.63. The molecule has 0 saturated heterocycles. The number of halogens is 1. The molecule has 1 aromatic carbocycles. The Morgan fingerprint density at radius 2 is 2.19 bits per heavy atom. The van der Waals surface area contributed by atoms with Crippen LogP contribution in [-0.4, -0.2) is 4.98 Å². The van der Waals surface area contributed by atoms with Crippen molar-refractivity contribution in [1.29, 1.82) is 0 Å². The molecule has 0 unspecified atom stereocenters. The number of benzene rings is 1. The first-order valence-electron chi connectivity index (χ1n) is 5.06. The number of aromatic nitrogens is 1. The van der Waals surface area contributed by atoms with Gasteiger partial charge in [-0.15, -0.1) is 11.3 Å². The molecule has 84 valence electrons. The van der Waals surface area contributed by atoms with Gasteiger partial charge in [-0.25, -0.2) is 9.37 Å². The molecule has 0 spiro atoms. The lowest BCUT2D eigenvalue weighted by molar-refractivity contribution is 0.629. The third kappa shape index (κ3) is 2.58. The van der Waals surface area contributed by atoms with Gasteiger partial charge in [0.1, 0.15) is 5.82 Å². The average molecular weight is 236 g/mol. The largest absolute Gasteiger partial charge is 0.377 e. The van der Waals surface area contributed by atoms with Crippen LogP contribution in [0.2, 0.25) is 0 Å². The van der Waals surface area contributed by atoms with E-state index in [2.05, 4.69) is 10.3 Å². The summed E-state index contributed by atoms with van der Waals surface area (Å²) in [6.07, 6.45) is 0. The quantitative estimate of drug-likeness (QED) is 0.882. The normalized spacial score (nSPS) is 10.4. The molecule has 2 rings (SSSR count). The van der Waals surface area contributed by atoms with Crippen LogP contribution >= 0.6 is 11.3 Å². The molecule has 16 heavy (non-hydrogen) atoms. The number of hydrogen-bond donors (Lipinski definition) is 1. The highest BCUT2D eigenvalue weighted by Gasteiger charge is 2.03. The summed E-state index contributed by atoms with van der Waals surface area (Å²) < 4.78 is 13.5. The molecule has 0 aliphatic carbocycles. The van der Waals surface area contributed by atoms with Crippen molar-refractivity contribution < 1.29 is 4.39 Å².